The average Bonchev–Trinajstić information content (AvgIpc) is 2.62. The predicted octanol–water partition coefficient (Wildman–Crippen LogP) is 1.27. The fraction of sp³-hybridized carbons (Fsp3) is 0.600. The van der Waals surface area contributed by atoms with Crippen LogP contribution in [0, 0.1) is 0 Å². The molecule has 0 aromatic carbocycles. The van der Waals surface area contributed by atoms with Gasteiger partial charge >= 0.3 is 0 Å². The Morgan fingerprint density at radius 3 is 3.00 bits per heavy atom. The molecule has 0 spiro atoms. The molecule has 14 heavy (non-hydrogen) atoms. The summed E-state index contributed by atoms with van der Waals surface area (Å²) in [6, 6.07) is 0.463. The van der Waals surface area contributed by atoms with Crippen molar-refractivity contribution < 1.29 is 4.79 Å². The topological polar surface area (TPSA) is 60.9 Å². The van der Waals surface area contributed by atoms with Gasteiger partial charge < -0.3 is 10.3 Å². The Balaban J connectivity index is 2.54. The van der Waals surface area contributed by atoms with Gasteiger partial charge in [0, 0.05) is 18.7 Å². The summed E-state index contributed by atoms with van der Waals surface area (Å²) in [5, 5.41) is 0. The number of aromatic nitrogens is 2. The van der Waals surface area contributed by atoms with Crippen LogP contribution in [0.1, 0.15) is 38.4 Å². The van der Waals surface area contributed by atoms with E-state index in [0.717, 1.165) is 12.1 Å². The van der Waals surface area contributed by atoms with E-state index in [-0.39, 0.29) is 5.91 Å². The second-order valence-corrected chi connectivity index (χ2v) is 3.54. The van der Waals surface area contributed by atoms with E-state index >= 15 is 0 Å². The lowest BCUT2D eigenvalue weighted by molar-refractivity contribution is -0.118. The lowest BCUT2D eigenvalue weighted by atomic mass is 10.2. The van der Waals surface area contributed by atoms with Crippen LogP contribution in [0.4, 0.5) is 0 Å². The van der Waals surface area contributed by atoms with Crippen LogP contribution < -0.4 is 5.73 Å². The number of imidazole rings is 1. The average molecular weight is 195 g/mol. The highest BCUT2D eigenvalue weighted by Gasteiger charge is 2.04. The molecular formula is C10H17N3O. The van der Waals surface area contributed by atoms with E-state index in [9.17, 15) is 4.79 Å². The third kappa shape index (κ3) is 2.87. The molecule has 1 aromatic heterocycles. The quantitative estimate of drug-likeness (QED) is 0.769. The molecule has 0 saturated carbocycles. The summed E-state index contributed by atoms with van der Waals surface area (Å²) in [6.07, 6.45) is 5.88. The number of primary amides is 1. The molecule has 4 heteroatoms. The van der Waals surface area contributed by atoms with Crippen LogP contribution >= 0.6 is 0 Å². The Morgan fingerprint density at radius 2 is 2.43 bits per heavy atom. The summed E-state index contributed by atoms with van der Waals surface area (Å²) >= 11 is 0. The smallest absolute Gasteiger partial charge is 0.217 e. The molecule has 1 rings (SSSR count). The molecule has 0 aliphatic carbocycles. The molecule has 1 atom stereocenters. The number of hydrogen-bond acceptors (Lipinski definition) is 2. The first-order valence-corrected chi connectivity index (χ1v) is 4.94. The van der Waals surface area contributed by atoms with Crippen LogP contribution in [0.25, 0.3) is 0 Å². The monoisotopic (exact) mass is 195 g/mol. The van der Waals surface area contributed by atoms with Crippen molar-refractivity contribution in [1.29, 1.82) is 0 Å². The van der Waals surface area contributed by atoms with Gasteiger partial charge in [0.25, 0.3) is 0 Å². The molecule has 1 heterocycles. The van der Waals surface area contributed by atoms with Gasteiger partial charge in [-0.3, -0.25) is 4.79 Å². The molecule has 1 aromatic rings. The Kier molecular flexibility index (Phi) is 3.68. The second-order valence-electron chi connectivity index (χ2n) is 3.54. The van der Waals surface area contributed by atoms with Gasteiger partial charge in [0.2, 0.25) is 5.91 Å². The first-order chi connectivity index (χ1) is 6.63. The maximum Gasteiger partial charge on any atom is 0.217 e. The molecule has 0 aliphatic heterocycles. The highest BCUT2D eigenvalue weighted by molar-refractivity contribution is 5.73. The molecule has 0 bridgehead atoms. The van der Waals surface area contributed by atoms with Crippen LogP contribution in [-0.2, 0) is 11.2 Å². The lowest BCUT2D eigenvalue weighted by Crippen LogP contribution is -2.11. The highest BCUT2D eigenvalue weighted by atomic mass is 16.1. The zero-order valence-corrected chi connectivity index (χ0v) is 8.73. The maximum absolute atomic E-state index is 10.6. The minimum absolute atomic E-state index is 0.275. The molecule has 1 amide bonds. The van der Waals surface area contributed by atoms with Crippen LogP contribution in [0.5, 0.6) is 0 Å². The predicted molar refractivity (Wildman–Crippen MR) is 54.7 cm³/mol. The van der Waals surface area contributed by atoms with Crippen LogP contribution in [-0.4, -0.2) is 15.5 Å². The molecule has 0 radical (unpaired) electrons. The van der Waals surface area contributed by atoms with Crippen LogP contribution in [0.15, 0.2) is 12.5 Å². The van der Waals surface area contributed by atoms with E-state index in [2.05, 4.69) is 23.4 Å². The van der Waals surface area contributed by atoms with Gasteiger partial charge in [-0.05, 0) is 19.8 Å². The van der Waals surface area contributed by atoms with Gasteiger partial charge in [-0.25, -0.2) is 4.98 Å². The lowest BCUT2D eigenvalue weighted by Gasteiger charge is -2.08. The summed E-state index contributed by atoms with van der Waals surface area (Å²) in [6.45, 7) is 4.27. The number of amides is 1. The number of carbonyl (C=O) groups is 1. The number of nitrogens with zero attached hydrogens (tertiary/aromatic N) is 2. The fourth-order valence-electron chi connectivity index (χ4n) is 1.21. The summed E-state index contributed by atoms with van der Waals surface area (Å²) in [7, 11) is 0. The van der Waals surface area contributed by atoms with Crippen LogP contribution in [0.3, 0.4) is 0 Å². The summed E-state index contributed by atoms with van der Waals surface area (Å²) in [5.74, 6) is -0.275. The highest BCUT2D eigenvalue weighted by Crippen LogP contribution is 2.10. The van der Waals surface area contributed by atoms with E-state index in [1.807, 2.05) is 12.5 Å². The molecule has 2 N–H and O–H groups in total. The van der Waals surface area contributed by atoms with Crippen molar-refractivity contribution in [3.05, 3.63) is 18.2 Å². The zero-order valence-electron chi connectivity index (χ0n) is 8.73. The van der Waals surface area contributed by atoms with Crippen molar-refractivity contribution in [2.24, 2.45) is 5.73 Å². The number of rotatable bonds is 5. The fourth-order valence-corrected chi connectivity index (χ4v) is 1.21. The van der Waals surface area contributed by atoms with Gasteiger partial charge in [0.1, 0.15) is 0 Å². The van der Waals surface area contributed by atoms with Crippen molar-refractivity contribution >= 4 is 5.91 Å². The van der Waals surface area contributed by atoms with Crippen molar-refractivity contribution in [1.82, 2.24) is 9.55 Å². The number of aryl methyl sites for hydroxylation is 1. The van der Waals surface area contributed by atoms with E-state index < -0.39 is 0 Å². The number of hydrogen-bond donors (Lipinski definition) is 1. The zero-order chi connectivity index (χ0) is 10.6. The Labute approximate surface area is 84.1 Å². The summed E-state index contributed by atoms with van der Waals surface area (Å²) in [4.78, 5) is 14.8. The molecule has 1 unspecified atom stereocenters. The largest absolute Gasteiger partial charge is 0.370 e. The Hall–Kier alpha value is -1.32. The third-order valence-electron chi connectivity index (χ3n) is 2.38. The van der Waals surface area contributed by atoms with Crippen molar-refractivity contribution in [3.63, 3.8) is 0 Å². The van der Waals surface area contributed by atoms with E-state index in [0.29, 0.717) is 18.9 Å². The standard InChI is InChI=1S/C10H17N3O/c1-3-8(2)13-6-9(12-7-13)4-5-10(11)14/h6-8H,3-5H2,1-2H3,(H2,11,14). The van der Waals surface area contributed by atoms with E-state index in [1.54, 1.807) is 0 Å². The van der Waals surface area contributed by atoms with Gasteiger partial charge in [-0.1, -0.05) is 6.92 Å². The van der Waals surface area contributed by atoms with Crippen LogP contribution in [0.2, 0.25) is 0 Å². The summed E-state index contributed by atoms with van der Waals surface area (Å²) < 4.78 is 2.07. The molecular weight excluding hydrogens is 178 g/mol. The van der Waals surface area contributed by atoms with Gasteiger partial charge in [-0.15, -0.1) is 0 Å². The molecule has 4 nitrogen and oxygen atoms in total. The van der Waals surface area contributed by atoms with Gasteiger partial charge in [0.05, 0.1) is 12.0 Å². The molecule has 0 saturated heterocycles. The number of carbonyl (C=O) groups excluding carboxylic acids is 1. The van der Waals surface area contributed by atoms with Gasteiger partial charge in [0.15, 0.2) is 0 Å². The minimum Gasteiger partial charge on any atom is -0.370 e. The first-order valence-electron chi connectivity index (χ1n) is 4.94. The van der Waals surface area contributed by atoms with E-state index in [4.69, 9.17) is 5.73 Å². The SMILES string of the molecule is CCC(C)n1cnc(CCC(N)=O)c1. The Bertz CT molecular complexity index is 306. The van der Waals surface area contributed by atoms with Gasteiger partial charge in [-0.2, -0.15) is 0 Å². The third-order valence-corrected chi connectivity index (χ3v) is 2.38. The first kappa shape index (κ1) is 10.8. The van der Waals surface area contributed by atoms with Crippen molar-refractivity contribution in [2.45, 2.75) is 39.2 Å². The Morgan fingerprint density at radius 1 is 1.71 bits per heavy atom. The second kappa shape index (κ2) is 4.79. The minimum atomic E-state index is -0.275. The molecule has 0 aliphatic rings. The van der Waals surface area contributed by atoms with Crippen molar-refractivity contribution in [3.8, 4) is 0 Å². The normalized spacial score (nSPS) is 12.7. The molecule has 78 valence electrons. The summed E-state index contributed by atoms with van der Waals surface area (Å²) in [5.41, 5.74) is 5.99. The molecule has 0 fully saturated rings. The van der Waals surface area contributed by atoms with E-state index in [1.165, 1.54) is 0 Å². The maximum atomic E-state index is 10.6. The van der Waals surface area contributed by atoms with Crippen molar-refractivity contribution in [2.75, 3.05) is 0 Å². The number of nitrogens with two attached hydrogens (primary N) is 1.